The summed E-state index contributed by atoms with van der Waals surface area (Å²) in [4.78, 5) is 25.2. The molecule has 0 aromatic carbocycles. The summed E-state index contributed by atoms with van der Waals surface area (Å²) >= 11 is 0. The van der Waals surface area contributed by atoms with E-state index in [2.05, 4.69) is 20.9 Å². The summed E-state index contributed by atoms with van der Waals surface area (Å²) in [7, 11) is 0. The molecule has 0 aromatic heterocycles. The second-order valence-corrected chi connectivity index (χ2v) is 5.10. The van der Waals surface area contributed by atoms with E-state index < -0.39 is 0 Å². The van der Waals surface area contributed by atoms with E-state index in [9.17, 15) is 9.59 Å². The van der Waals surface area contributed by atoms with Crippen LogP contribution in [-0.4, -0.2) is 62.5 Å². The lowest BCUT2D eigenvalue weighted by Gasteiger charge is -2.27. The summed E-state index contributed by atoms with van der Waals surface area (Å²) in [5.74, 6) is 0.0774. The Morgan fingerprint density at radius 1 is 1.05 bits per heavy atom. The molecule has 1 fully saturated rings. The van der Waals surface area contributed by atoms with Gasteiger partial charge in [0, 0.05) is 52.1 Å². The number of nitrogens with zero attached hydrogens (tertiary/aromatic N) is 1. The average molecular weight is 284 g/mol. The number of carbonyl (C=O) groups excluding carboxylic acids is 2. The Morgan fingerprint density at radius 3 is 2.35 bits per heavy atom. The molecule has 0 unspecified atom stereocenters. The summed E-state index contributed by atoms with van der Waals surface area (Å²) in [6, 6.07) is 0. The van der Waals surface area contributed by atoms with Gasteiger partial charge in [0.15, 0.2) is 0 Å². The fourth-order valence-corrected chi connectivity index (χ4v) is 2.25. The molecular weight excluding hydrogens is 256 g/mol. The maximum atomic E-state index is 11.6. The van der Waals surface area contributed by atoms with Crippen molar-refractivity contribution in [3.05, 3.63) is 0 Å². The van der Waals surface area contributed by atoms with E-state index in [1.54, 1.807) is 0 Å². The lowest BCUT2D eigenvalue weighted by Crippen LogP contribution is -2.44. The highest BCUT2D eigenvalue weighted by atomic mass is 16.2. The van der Waals surface area contributed by atoms with Gasteiger partial charge >= 0.3 is 0 Å². The Morgan fingerprint density at radius 2 is 1.70 bits per heavy atom. The molecule has 0 atom stereocenters. The van der Waals surface area contributed by atoms with E-state index in [4.69, 9.17) is 0 Å². The molecule has 1 saturated heterocycles. The van der Waals surface area contributed by atoms with Gasteiger partial charge in [-0.15, -0.1) is 0 Å². The Balaban J connectivity index is 1.93. The number of carbonyl (C=O) groups is 2. The van der Waals surface area contributed by atoms with E-state index in [1.807, 2.05) is 6.92 Å². The SMILES string of the molecule is CCNC(=O)CCCC(=O)NCCCN1CCNCC1. The first-order valence-corrected chi connectivity index (χ1v) is 7.69. The fraction of sp³-hybridized carbons (Fsp3) is 0.857. The number of amides is 2. The van der Waals surface area contributed by atoms with Crippen LogP contribution in [0, 0.1) is 0 Å². The minimum absolute atomic E-state index is 0.0269. The van der Waals surface area contributed by atoms with Crippen LogP contribution in [0.5, 0.6) is 0 Å². The molecule has 0 spiro atoms. The quantitative estimate of drug-likeness (QED) is 0.509. The van der Waals surface area contributed by atoms with Gasteiger partial charge in [-0.2, -0.15) is 0 Å². The molecule has 6 nitrogen and oxygen atoms in total. The normalized spacial score (nSPS) is 15.8. The standard InChI is InChI=1S/C14H28N4O2/c1-2-16-13(19)5-3-6-14(20)17-7-4-10-18-11-8-15-9-12-18/h15H,2-12H2,1H3,(H,16,19)(H,17,20). The average Bonchev–Trinajstić information content (AvgIpc) is 2.45. The number of rotatable bonds is 9. The number of hydrogen-bond acceptors (Lipinski definition) is 4. The molecule has 1 aliphatic heterocycles. The molecule has 116 valence electrons. The largest absolute Gasteiger partial charge is 0.356 e. The van der Waals surface area contributed by atoms with E-state index in [0.29, 0.717) is 25.8 Å². The summed E-state index contributed by atoms with van der Waals surface area (Å²) in [6.45, 7) is 8.63. The van der Waals surface area contributed by atoms with Gasteiger partial charge in [-0.05, 0) is 26.3 Å². The first-order chi connectivity index (χ1) is 9.72. The third kappa shape index (κ3) is 8.12. The molecule has 2 amide bonds. The molecule has 0 radical (unpaired) electrons. The molecule has 0 saturated carbocycles. The van der Waals surface area contributed by atoms with Gasteiger partial charge in [0.2, 0.25) is 11.8 Å². The fourth-order valence-electron chi connectivity index (χ4n) is 2.25. The van der Waals surface area contributed by atoms with Gasteiger partial charge in [-0.25, -0.2) is 0 Å². The molecule has 1 heterocycles. The van der Waals surface area contributed by atoms with Gasteiger partial charge in [-0.1, -0.05) is 0 Å². The van der Waals surface area contributed by atoms with E-state index in [1.165, 1.54) is 0 Å². The van der Waals surface area contributed by atoms with E-state index >= 15 is 0 Å². The highest BCUT2D eigenvalue weighted by molar-refractivity contribution is 5.78. The second kappa shape index (κ2) is 10.6. The molecular formula is C14H28N4O2. The molecule has 6 heteroatoms. The maximum Gasteiger partial charge on any atom is 0.220 e. The van der Waals surface area contributed by atoms with Crippen LogP contribution >= 0.6 is 0 Å². The molecule has 20 heavy (non-hydrogen) atoms. The highest BCUT2D eigenvalue weighted by Crippen LogP contribution is 1.96. The Kier molecular flexibility index (Phi) is 8.98. The van der Waals surface area contributed by atoms with Crippen LogP contribution < -0.4 is 16.0 Å². The van der Waals surface area contributed by atoms with Crippen LogP contribution in [0.2, 0.25) is 0 Å². The minimum Gasteiger partial charge on any atom is -0.356 e. The maximum absolute atomic E-state index is 11.6. The van der Waals surface area contributed by atoms with Crippen molar-refractivity contribution < 1.29 is 9.59 Å². The number of hydrogen-bond donors (Lipinski definition) is 3. The smallest absolute Gasteiger partial charge is 0.220 e. The van der Waals surface area contributed by atoms with Gasteiger partial charge in [-0.3, -0.25) is 9.59 Å². The molecule has 3 N–H and O–H groups in total. The Labute approximate surface area is 121 Å². The van der Waals surface area contributed by atoms with Gasteiger partial charge in [0.25, 0.3) is 0 Å². The van der Waals surface area contributed by atoms with Crippen molar-refractivity contribution in [1.29, 1.82) is 0 Å². The molecule has 0 aromatic rings. The predicted octanol–water partition coefficient (Wildman–Crippen LogP) is -0.296. The van der Waals surface area contributed by atoms with Gasteiger partial charge in [0.1, 0.15) is 0 Å². The van der Waals surface area contributed by atoms with Crippen LogP contribution in [0.1, 0.15) is 32.6 Å². The topological polar surface area (TPSA) is 73.5 Å². The highest BCUT2D eigenvalue weighted by Gasteiger charge is 2.09. The summed E-state index contributed by atoms with van der Waals surface area (Å²) in [5, 5.41) is 8.96. The van der Waals surface area contributed by atoms with E-state index in [-0.39, 0.29) is 11.8 Å². The van der Waals surface area contributed by atoms with Crippen LogP contribution in [0.4, 0.5) is 0 Å². The van der Waals surface area contributed by atoms with Crippen molar-refractivity contribution in [2.45, 2.75) is 32.6 Å². The third-order valence-corrected chi connectivity index (χ3v) is 3.36. The van der Waals surface area contributed by atoms with Crippen LogP contribution in [0.15, 0.2) is 0 Å². The zero-order valence-corrected chi connectivity index (χ0v) is 12.5. The van der Waals surface area contributed by atoms with Crippen molar-refractivity contribution in [2.75, 3.05) is 45.8 Å². The van der Waals surface area contributed by atoms with Crippen LogP contribution in [-0.2, 0) is 9.59 Å². The zero-order valence-electron chi connectivity index (χ0n) is 12.5. The number of nitrogens with one attached hydrogen (secondary N) is 3. The first-order valence-electron chi connectivity index (χ1n) is 7.69. The molecule has 1 aliphatic rings. The van der Waals surface area contributed by atoms with Crippen molar-refractivity contribution in [3.8, 4) is 0 Å². The second-order valence-electron chi connectivity index (χ2n) is 5.10. The molecule has 1 rings (SSSR count). The summed E-state index contributed by atoms with van der Waals surface area (Å²) < 4.78 is 0. The Bertz CT molecular complexity index is 291. The predicted molar refractivity (Wildman–Crippen MR) is 79.5 cm³/mol. The number of piperazine rings is 1. The van der Waals surface area contributed by atoms with E-state index in [0.717, 1.165) is 45.7 Å². The minimum atomic E-state index is 0.0269. The molecule has 0 bridgehead atoms. The zero-order chi connectivity index (χ0) is 14.6. The lowest BCUT2D eigenvalue weighted by atomic mass is 10.2. The third-order valence-electron chi connectivity index (χ3n) is 3.36. The molecule has 0 aliphatic carbocycles. The summed E-state index contributed by atoms with van der Waals surface area (Å²) in [6.07, 6.45) is 2.48. The Hall–Kier alpha value is -1.14. The van der Waals surface area contributed by atoms with Crippen LogP contribution in [0.3, 0.4) is 0 Å². The van der Waals surface area contributed by atoms with Crippen molar-refractivity contribution in [1.82, 2.24) is 20.9 Å². The van der Waals surface area contributed by atoms with Crippen LogP contribution in [0.25, 0.3) is 0 Å². The van der Waals surface area contributed by atoms with Crippen molar-refractivity contribution >= 4 is 11.8 Å². The van der Waals surface area contributed by atoms with Crippen molar-refractivity contribution in [3.63, 3.8) is 0 Å². The monoisotopic (exact) mass is 284 g/mol. The van der Waals surface area contributed by atoms with Gasteiger partial charge < -0.3 is 20.9 Å². The summed E-state index contributed by atoms with van der Waals surface area (Å²) in [5.41, 5.74) is 0. The first kappa shape index (κ1) is 16.9. The van der Waals surface area contributed by atoms with Crippen molar-refractivity contribution in [2.24, 2.45) is 0 Å². The lowest BCUT2D eigenvalue weighted by molar-refractivity contribution is -0.122. The van der Waals surface area contributed by atoms with Gasteiger partial charge in [0.05, 0.1) is 0 Å².